The number of hydrogen-bond acceptors (Lipinski definition) is 6. The molecule has 0 aliphatic carbocycles. The number of likely N-dealkylation sites (tertiary alicyclic amines) is 1. The number of aryl methyl sites for hydroxylation is 2. The summed E-state index contributed by atoms with van der Waals surface area (Å²) in [5.74, 6) is 0.0436. The van der Waals surface area contributed by atoms with E-state index in [1.807, 2.05) is 44.2 Å². The Kier molecular flexibility index (Phi) is 6.00. The van der Waals surface area contributed by atoms with Gasteiger partial charge in [0.15, 0.2) is 11.0 Å². The molecule has 0 saturated carbocycles. The van der Waals surface area contributed by atoms with Crippen LogP contribution >= 0.6 is 11.3 Å². The molecule has 1 aliphatic rings. The number of amides is 3. The number of aromatic nitrogens is 3. The van der Waals surface area contributed by atoms with E-state index in [0.29, 0.717) is 29.6 Å². The third kappa shape index (κ3) is 4.38. The second kappa shape index (κ2) is 8.88. The summed E-state index contributed by atoms with van der Waals surface area (Å²) in [5, 5.41) is 3.23. The van der Waals surface area contributed by atoms with Gasteiger partial charge in [0.2, 0.25) is 5.91 Å². The number of nitrogens with one attached hydrogen (secondary N) is 1. The van der Waals surface area contributed by atoms with Crippen molar-refractivity contribution >= 4 is 34.0 Å². The lowest BCUT2D eigenvalue weighted by atomic mass is 10.1. The maximum absolute atomic E-state index is 12.6. The number of nitrogens with two attached hydrogens (primary N) is 1. The highest BCUT2D eigenvalue weighted by Gasteiger charge is 2.33. The van der Waals surface area contributed by atoms with Crippen LogP contribution in [0.2, 0.25) is 0 Å². The number of benzene rings is 1. The first-order chi connectivity index (χ1) is 15.3. The van der Waals surface area contributed by atoms with Crippen molar-refractivity contribution in [3.05, 3.63) is 65.8 Å². The van der Waals surface area contributed by atoms with Crippen molar-refractivity contribution in [3.63, 3.8) is 0 Å². The molecule has 3 amide bonds. The van der Waals surface area contributed by atoms with Gasteiger partial charge in [0, 0.05) is 18.3 Å². The predicted molar refractivity (Wildman–Crippen MR) is 125 cm³/mol. The van der Waals surface area contributed by atoms with Crippen molar-refractivity contribution in [2.75, 3.05) is 11.9 Å². The van der Waals surface area contributed by atoms with Crippen LogP contribution in [0.5, 0.6) is 0 Å². The van der Waals surface area contributed by atoms with E-state index in [4.69, 9.17) is 5.73 Å². The maximum atomic E-state index is 12.6. The van der Waals surface area contributed by atoms with Crippen LogP contribution < -0.4 is 11.1 Å². The highest BCUT2D eigenvalue weighted by atomic mass is 32.1. The number of urea groups is 1. The summed E-state index contributed by atoms with van der Waals surface area (Å²) in [5.41, 5.74) is 9.71. The van der Waals surface area contributed by atoms with Gasteiger partial charge >= 0.3 is 6.03 Å². The fourth-order valence-corrected chi connectivity index (χ4v) is 4.60. The standard InChI is InChI=1S/C23H24N6O2S/c1-13-6-8-16(9-7-13)14(2)21-25-11-10-17(27-21)19-15(3)26-22(32-19)28-23(31)29-12-4-5-18(29)20(24)30/h6-11,18H,2,4-5,12H2,1,3H3,(H2,24,30)(H,26,28,31)/t18-/m0/s1. The third-order valence-electron chi connectivity index (χ3n) is 5.41. The van der Waals surface area contributed by atoms with Crippen molar-refractivity contribution in [1.29, 1.82) is 0 Å². The Hall–Kier alpha value is -3.59. The highest BCUT2D eigenvalue weighted by Crippen LogP contribution is 2.33. The predicted octanol–water partition coefficient (Wildman–Crippen LogP) is 3.76. The molecule has 2 aromatic heterocycles. The first-order valence-corrected chi connectivity index (χ1v) is 11.1. The molecule has 0 radical (unpaired) electrons. The van der Waals surface area contributed by atoms with Gasteiger partial charge in [-0.15, -0.1) is 0 Å². The lowest BCUT2D eigenvalue weighted by Gasteiger charge is -2.21. The van der Waals surface area contributed by atoms with E-state index in [9.17, 15) is 9.59 Å². The summed E-state index contributed by atoms with van der Waals surface area (Å²) in [4.78, 5) is 40.1. The Balaban J connectivity index is 1.54. The van der Waals surface area contributed by atoms with E-state index in [2.05, 4.69) is 26.8 Å². The molecule has 9 heteroatoms. The van der Waals surface area contributed by atoms with Crippen molar-refractivity contribution in [2.24, 2.45) is 5.73 Å². The zero-order chi connectivity index (χ0) is 22.8. The largest absolute Gasteiger partial charge is 0.368 e. The second-order valence-corrected chi connectivity index (χ2v) is 8.73. The minimum absolute atomic E-state index is 0.372. The van der Waals surface area contributed by atoms with Gasteiger partial charge in [0.05, 0.1) is 16.3 Å². The number of thiazole rings is 1. The zero-order valence-electron chi connectivity index (χ0n) is 18.0. The molecule has 3 aromatic rings. The van der Waals surface area contributed by atoms with Gasteiger partial charge in [0.1, 0.15) is 6.04 Å². The Morgan fingerprint density at radius 2 is 1.94 bits per heavy atom. The van der Waals surface area contributed by atoms with E-state index in [-0.39, 0.29) is 6.03 Å². The van der Waals surface area contributed by atoms with Crippen molar-refractivity contribution < 1.29 is 9.59 Å². The quantitative estimate of drug-likeness (QED) is 0.617. The minimum Gasteiger partial charge on any atom is -0.368 e. The van der Waals surface area contributed by atoms with Crippen LogP contribution in [-0.2, 0) is 4.79 Å². The van der Waals surface area contributed by atoms with Gasteiger partial charge in [-0.3, -0.25) is 10.1 Å². The smallest absolute Gasteiger partial charge is 0.324 e. The number of rotatable bonds is 5. The summed E-state index contributed by atoms with van der Waals surface area (Å²) >= 11 is 1.32. The molecule has 1 saturated heterocycles. The summed E-state index contributed by atoms with van der Waals surface area (Å²) in [6.07, 6.45) is 3.02. The van der Waals surface area contributed by atoms with E-state index < -0.39 is 11.9 Å². The first-order valence-electron chi connectivity index (χ1n) is 10.3. The topological polar surface area (TPSA) is 114 Å². The van der Waals surface area contributed by atoms with Crippen molar-refractivity contribution in [1.82, 2.24) is 19.9 Å². The van der Waals surface area contributed by atoms with E-state index in [0.717, 1.165) is 28.1 Å². The number of anilines is 1. The molecule has 32 heavy (non-hydrogen) atoms. The van der Waals surface area contributed by atoms with E-state index >= 15 is 0 Å². The fraction of sp³-hybridized carbons (Fsp3) is 0.261. The molecule has 1 aliphatic heterocycles. The first kappa shape index (κ1) is 21.6. The average Bonchev–Trinajstić information content (AvgIpc) is 3.41. The van der Waals surface area contributed by atoms with Crippen LogP contribution in [0.4, 0.5) is 9.93 Å². The summed E-state index contributed by atoms with van der Waals surface area (Å²) in [7, 11) is 0. The normalized spacial score (nSPS) is 15.6. The van der Waals surface area contributed by atoms with Gasteiger partial charge in [0.25, 0.3) is 0 Å². The van der Waals surface area contributed by atoms with Crippen LogP contribution in [0.15, 0.2) is 43.1 Å². The van der Waals surface area contributed by atoms with Gasteiger partial charge in [-0.1, -0.05) is 47.7 Å². The Morgan fingerprint density at radius 3 is 2.66 bits per heavy atom. The molecule has 1 aromatic carbocycles. The fourth-order valence-electron chi connectivity index (χ4n) is 3.67. The number of carbonyl (C=O) groups excluding carboxylic acids is 2. The van der Waals surface area contributed by atoms with Gasteiger partial charge in [-0.2, -0.15) is 0 Å². The third-order valence-corrected chi connectivity index (χ3v) is 6.51. The number of hydrogen-bond donors (Lipinski definition) is 2. The summed E-state index contributed by atoms with van der Waals surface area (Å²) in [6.45, 7) is 8.54. The van der Waals surface area contributed by atoms with Crippen LogP contribution in [0.25, 0.3) is 16.1 Å². The van der Waals surface area contributed by atoms with Gasteiger partial charge in [-0.05, 0) is 38.3 Å². The van der Waals surface area contributed by atoms with Gasteiger partial charge in [-0.25, -0.2) is 19.7 Å². The Labute approximate surface area is 190 Å². The molecule has 1 atom stereocenters. The molecule has 8 nitrogen and oxygen atoms in total. The minimum atomic E-state index is -0.576. The van der Waals surface area contributed by atoms with E-state index in [1.54, 1.807) is 6.20 Å². The molecule has 1 fully saturated rings. The molecule has 0 unspecified atom stereocenters. The Bertz CT molecular complexity index is 1190. The molecule has 164 valence electrons. The van der Waals surface area contributed by atoms with Crippen LogP contribution in [0.3, 0.4) is 0 Å². The maximum Gasteiger partial charge on any atom is 0.324 e. The lowest BCUT2D eigenvalue weighted by molar-refractivity contribution is -0.121. The second-order valence-electron chi connectivity index (χ2n) is 7.73. The van der Waals surface area contributed by atoms with Crippen LogP contribution in [0, 0.1) is 13.8 Å². The van der Waals surface area contributed by atoms with Gasteiger partial charge < -0.3 is 10.6 Å². The molecule has 3 heterocycles. The SMILES string of the molecule is C=C(c1ccc(C)cc1)c1nccc(-c2sc(NC(=O)N3CCC[C@H]3C(N)=O)nc2C)n1. The molecule has 0 spiro atoms. The monoisotopic (exact) mass is 448 g/mol. The molecular formula is C23H24N6O2S. The molecule has 0 bridgehead atoms. The van der Waals surface area contributed by atoms with Crippen LogP contribution in [0.1, 0.15) is 35.5 Å². The van der Waals surface area contributed by atoms with Crippen molar-refractivity contribution in [2.45, 2.75) is 32.7 Å². The molecular weight excluding hydrogens is 424 g/mol. The summed E-state index contributed by atoms with van der Waals surface area (Å²) < 4.78 is 0. The number of primary amides is 1. The molecule has 4 rings (SSSR count). The number of carbonyl (C=O) groups is 2. The Morgan fingerprint density at radius 1 is 1.19 bits per heavy atom. The highest BCUT2D eigenvalue weighted by molar-refractivity contribution is 7.19. The zero-order valence-corrected chi connectivity index (χ0v) is 18.8. The summed E-state index contributed by atoms with van der Waals surface area (Å²) in [6, 6.07) is 8.90. The number of nitrogens with zero attached hydrogens (tertiary/aromatic N) is 4. The molecule has 3 N–H and O–H groups in total. The van der Waals surface area contributed by atoms with Crippen molar-refractivity contribution in [3.8, 4) is 10.6 Å². The van der Waals surface area contributed by atoms with Crippen LogP contribution in [-0.4, -0.2) is 44.4 Å². The average molecular weight is 449 g/mol. The lowest BCUT2D eigenvalue weighted by Crippen LogP contribution is -2.45. The van der Waals surface area contributed by atoms with E-state index in [1.165, 1.54) is 21.8 Å².